The maximum Gasteiger partial charge on any atom is 0.329 e. The molecule has 1 fully saturated rings. The first-order valence-electron chi connectivity index (χ1n) is 6.77. The summed E-state index contributed by atoms with van der Waals surface area (Å²) in [6.45, 7) is -0.634. The van der Waals surface area contributed by atoms with Crippen LogP contribution in [0.2, 0.25) is 0 Å². The Morgan fingerprint density at radius 1 is 1.60 bits per heavy atom. The van der Waals surface area contributed by atoms with Crippen LogP contribution < -0.4 is 17.0 Å². The smallest absolute Gasteiger partial charge is 0.329 e. The predicted octanol–water partition coefficient (Wildman–Crippen LogP) is -2.36. The highest BCUT2D eigenvalue weighted by Crippen LogP contribution is 2.28. The van der Waals surface area contributed by atoms with Crippen molar-refractivity contribution in [2.24, 2.45) is 0 Å². The van der Waals surface area contributed by atoms with Gasteiger partial charge in [0.25, 0.3) is 5.56 Å². The number of nitrogens with zero attached hydrogens (tertiary/aromatic N) is 2. The number of nitrogens with one attached hydrogen (secondary N) is 2. The SMILES string of the molecule is [3H][C@@H]1[C@H](O)[C@@H](CO)O[C@@]1([3H])n1c(=O)[nH]c2c(=O)[nH]c(N)nc21. The average molecular weight is 287 g/mol. The number of anilines is 1. The van der Waals surface area contributed by atoms with Crippen molar-refractivity contribution >= 4 is 17.1 Å². The number of hydrogen-bond donors (Lipinski definition) is 5. The van der Waals surface area contributed by atoms with Gasteiger partial charge in [-0.15, -0.1) is 0 Å². The van der Waals surface area contributed by atoms with Gasteiger partial charge in [-0.05, 0) is 0 Å². The molecule has 1 saturated heterocycles. The minimum absolute atomic E-state index is 0.233. The molecule has 0 saturated carbocycles. The monoisotopic (exact) mass is 287 g/mol. The lowest BCUT2D eigenvalue weighted by molar-refractivity contribution is -0.0441. The van der Waals surface area contributed by atoms with Gasteiger partial charge < -0.3 is 20.7 Å². The third kappa shape index (κ3) is 1.81. The van der Waals surface area contributed by atoms with Crippen LogP contribution in [0.1, 0.15) is 15.3 Å². The molecule has 2 aromatic heterocycles. The van der Waals surface area contributed by atoms with Crippen molar-refractivity contribution in [1.29, 1.82) is 0 Å². The van der Waals surface area contributed by atoms with Gasteiger partial charge in [0, 0.05) is 7.77 Å². The fraction of sp³-hybridized carbons (Fsp3) is 0.500. The highest BCUT2D eigenvalue weighted by molar-refractivity contribution is 5.70. The van der Waals surface area contributed by atoms with Gasteiger partial charge >= 0.3 is 5.69 Å². The molecule has 1 aliphatic rings. The molecule has 0 aliphatic carbocycles. The van der Waals surface area contributed by atoms with E-state index in [-0.39, 0.29) is 17.1 Å². The van der Waals surface area contributed by atoms with Gasteiger partial charge in [0.2, 0.25) is 5.95 Å². The molecule has 108 valence electrons. The molecule has 2 aromatic rings. The van der Waals surface area contributed by atoms with Crippen molar-refractivity contribution < 1.29 is 17.7 Å². The topological polar surface area (TPSA) is 159 Å². The molecule has 0 unspecified atom stereocenters. The van der Waals surface area contributed by atoms with Crippen molar-refractivity contribution in [3.05, 3.63) is 20.8 Å². The Labute approximate surface area is 113 Å². The second kappa shape index (κ2) is 4.44. The number of aliphatic hydroxyl groups is 2. The summed E-state index contributed by atoms with van der Waals surface area (Å²) in [7, 11) is 0. The lowest BCUT2D eigenvalue weighted by Crippen LogP contribution is -2.25. The number of nitrogen functional groups attached to an aromatic ring is 1. The molecule has 6 N–H and O–H groups in total. The summed E-state index contributed by atoms with van der Waals surface area (Å²) in [5, 5.41) is 19.0. The third-order valence-corrected chi connectivity index (χ3v) is 2.93. The molecule has 0 amide bonds. The van der Waals surface area contributed by atoms with E-state index in [9.17, 15) is 14.7 Å². The Kier molecular flexibility index (Phi) is 2.35. The number of fused-ring (bicyclic) bond motifs is 1. The van der Waals surface area contributed by atoms with Crippen LogP contribution in [0.4, 0.5) is 5.95 Å². The van der Waals surface area contributed by atoms with Crippen molar-refractivity contribution in [2.45, 2.75) is 24.8 Å². The molecule has 0 aromatic carbocycles. The summed E-state index contributed by atoms with van der Waals surface area (Å²) < 4.78 is 21.9. The van der Waals surface area contributed by atoms with Crippen molar-refractivity contribution in [3.8, 4) is 0 Å². The molecule has 1 aliphatic heterocycles. The molecule has 0 spiro atoms. The van der Waals surface area contributed by atoms with Gasteiger partial charge in [-0.25, -0.2) is 9.36 Å². The highest BCUT2D eigenvalue weighted by Gasteiger charge is 2.36. The molecule has 0 radical (unpaired) electrons. The Balaban J connectivity index is 2.29. The number of ether oxygens (including phenoxy) is 1. The van der Waals surface area contributed by atoms with Crippen LogP contribution in [-0.4, -0.2) is 48.5 Å². The quantitative estimate of drug-likeness (QED) is 0.413. The van der Waals surface area contributed by atoms with Crippen LogP contribution in [0.3, 0.4) is 0 Å². The van der Waals surface area contributed by atoms with Crippen LogP contribution in [0.5, 0.6) is 0 Å². The van der Waals surface area contributed by atoms with Gasteiger partial charge in [-0.1, -0.05) is 0 Å². The second-order valence-electron chi connectivity index (χ2n) is 4.25. The third-order valence-electron chi connectivity index (χ3n) is 2.93. The van der Waals surface area contributed by atoms with E-state index < -0.39 is 42.7 Å². The molecule has 0 bridgehead atoms. The number of aliphatic hydroxyl groups excluding tert-OH is 2. The zero-order valence-electron chi connectivity index (χ0n) is 12.0. The maximum atomic E-state index is 12.1. The van der Waals surface area contributed by atoms with Crippen molar-refractivity contribution in [1.82, 2.24) is 19.5 Å². The van der Waals surface area contributed by atoms with Gasteiger partial charge in [0.1, 0.15) is 12.3 Å². The summed E-state index contributed by atoms with van der Waals surface area (Å²) in [6, 6.07) is 0. The van der Waals surface area contributed by atoms with Crippen LogP contribution >= 0.6 is 0 Å². The van der Waals surface area contributed by atoms with Gasteiger partial charge in [0.15, 0.2) is 11.2 Å². The van der Waals surface area contributed by atoms with E-state index in [1.165, 1.54) is 0 Å². The molecule has 20 heavy (non-hydrogen) atoms. The first kappa shape index (κ1) is 10.6. The molecule has 10 nitrogen and oxygen atoms in total. The summed E-state index contributed by atoms with van der Waals surface area (Å²) in [6.07, 6.45) is -6.67. The van der Waals surface area contributed by atoms with Crippen LogP contribution in [0.15, 0.2) is 9.59 Å². The molecule has 10 heteroatoms. The fourth-order valence-electron chi connectivity index (χ4n) is 2.01. The number of H-pyrrole nitrogens is 2. The molecule has 4 atom stereocenters. The summed E-state index contributed by atoms with van der Waals surface area (Å²) >= 11 is 0. The van der Waals surface area contributed by atoms with E-state index in [0.717, 1.165) is 0 Å². The number of hydrogen-bond acceptors (Lipinski definition) is 7. The van der Waals surface area contributed by atoms with Crippen LogP contribution in [0.25, 0.3) is 11.2 Å². The van der Waals surface area contributed by atoms with E-state index in [1.807, 2.05) is 0 Å². The lowest BCUT2D eigenvalue weighted by Gasteiger charge is -2.12. The minimum atomic E-state index is -2.37. The Morgan fingerprint density at radius 2 is 2.35 bits per heavy atom. The number of rotatable bonds is 2. The normalized spacial score (nSPS) is 35.2. The van der Waals surface area contributed by atoms with Gasteiger partial charge in [-0.2, -0.15) is 4.98 Å². The van der Waals surface area contributed by atoms with E-state index in [2.05, 4.69) is 15.0 Å². The summed E-state index contributed by atoms with van der Waals surface area (Å²) in [5.41, 5.74) is 3.28. The Bertz CT molecular complexity index is 846. The summed E-state index contributed by atoms with van der Waals surface area (Å²) in [5.74, 6) is -0.285. The van der Waals surface area contributed by atoms with Crippen molar-refractivity contribution in [3.63, 3.8) is 0 Å². The summed E-state index contributed by atoms with van der Waals surface area (Å²) in [4.78, 5) is 32.0. The lowest BCUT2D eigenvalue weighted by atomic mass is 10.2. The second-order valence-corrected chi connectivity index (χ2v) is 4.25. The fourth-order valence-corrected chi connectivity index (χ4v) is 2.01. The number of aromatic amines is 2. The number of aromatic nitrogens is 4. The van der Waals surface area contributed by atoms with Crippen LogP contribution in [0, 0.1) is 0 Å². The Morgan fingerprint density at radius 3 is 3.00 bits per heavy atom. The molecule has 3 rings (SSSR count). The van der Waals surface area contributed by atoms with Gasteiger partial charge in [-0.3, -0.25) is 14.8 Å². The average Bonchev–Trinajstić information content (AvgIpc) is 2.89. The van der Waals surface area contributed by atoms with E-state index in [0.29, 0.717) is 4.57 Å². The molecule has 3 heterocycles. The highest BCUT2D eigenvalue weighted by atomic mass is 16.5. The zero-order chi connectivity index (χ0) is 16.2. The van der Waals surface area contributed by atoms with E-state index in [4.69, 9.17) is 18.3 Å². The van der Waals surface area contributed by atoms with Crippen LogP contribution in [-0.2, 0) is 4.74 Å². The number of imidazole rings is 1. The van der Waals surface area contributed by atoms with E-state index >= 15 is 0 Å². The predicted molar refractivity (Wildman–Crippen MR) is 67.0 cm³/mol. The van der Waals surface area contributed by atoms with Crippen molar-refractivity contribution in [2.75, 3.05) is 12.3 Å². The standard InChI is InChI=1S/C10H13N5O5/c11-9-13-7-6(8(18)14-9)12-10(19)15(7)5-1-3(17)4(2-16)20-5/h3-5,16-17H,1-2H2,(H,12,19)(H3,11,13,14,18)/t3-,4+,5+/m0/s1/i1T,5T/t1-,3+,4-,5-/m1. The zero-order valence-corrected chi connectivity index (χ0v) is 10.0. The maximum absolute atomic E-state index is 12.1. The first-order valence-corrected chi connectivity index (χ1v) is 5.69. The Hall–Kier alpha value is -2.17. The van der Waals surface area contributed by atoms with E-state index in [1.54, 1.807) is 0 Å². The molecular weight excluding hydrogens is 270 g/mol. The first-order chi connectivity index (χ1) is 10.3. The molecular formula is C10H13N5O5. The largest absolute Gasteiger partial charge is 0.394 e. The number of nitrogens with two attached hydrogens (primary N) is 1. The minimum Gasteiger partial charge on any atom is -0.394 e. The van der Waals surface area contributed by atoms with Gasteiger partial charge in [0.05, 0.1) is 14.1 Å².